The molecule has 76 valence electrons. The maximum absolute atomic E-state index is 8.82. The Morgan fingerprint density at radius 1 is 1.13 bits per heavy atom. The van der Waals surface area contributed by atoms with Crippen molar-refractivity contribution in [3.05, 3.63) is 32.9 Å². The fourth-order valence-electron chi connectivity index (χ4n) is 0.986. The molecular formula is C12H12INSi. The van der Waals surface area contributed by atoms with E-state index in [0.717, 1.165) is 9.13 Å². The van der Waals surface area contributed by atoms with Gasteiger partial charge in [-0.2, -0.15) is 5.26 Å². The van der Waals surface area contributed by atoms with Gasteiger partial charge in [0.2, 0.25) is 0 Å². The van der Waals surface area contributed by atoms with E-state index in [1.807, 2.05) is 18.2 Å². The Hall–Kier alpha value is -0.783. The topological polar surface area (TPSA) is 23.8 Å². The lowest BCUT2D eigenvalue weighted by Gasteiger charge is -2.03. The van der Waals surface area contributed by atoms with Crippen LogP contribution in [0.5, 0.6) is 0 Å². The van der Waals surface area contributed by atoms with Crippen molar-refractivity contribution >= 4 is 30.7 Å². The average molecular weight is 325 g/mol. The molecular weight excluding hydrogens is 313 g/mol. The summed E-state index contributed by atoms with van der Waals surface area (Å²) in [6.07, 6.45) is 0. The molecule has 15 heavy (non-hydrogen) atoms. The molecule has 0 heterocycles. The first-order valence-corrected chi connectivity index (χ1v) is 9.22. The van der Waals surface area contributed by atoms with E-state index in [1.165, 1.54) is 0 Å². The third kappa shape index (κ3) is 4.50. The fourth-order valence-corrected chi connectivity index (χ4v) is 2.18. The van der Waals surface area contributed by atoms with Crippen molar-refractivity contribution in [3.63, 3.8) is 0 Å². The Labute approximate surface area is 106 Å². The van der Waals surface area contributed by atoms with Crippen LogP contribution in [0.2, 0.25) is 19.6 Å². The summed E-state index contributed by atoms with van der Waals surface area (Å²) in [6.45, 7) is 6.62. The minimum Gasteiger partial charge on any atom is -0.192 e. The van der Waals surface area contributed by atoms with Gasteiger partial charge in [0.25, 0.3) is 0 Å². The zero-order valence-electron chi connectivity index (χ0n) is 9.06. The van der Waals surface area contributed by atoms with Crippen LogP contribution in [-0.4, -0.2) is 8.07 Å². The van der Waals surface area contributed by atoms with Crippen molar-refractivity contribution in [3.8, 4) is 17.5 Å². The van der Waals surface area contributed by atoms with Crippen molar-refractivity contribution in [1.82, 2.24) is 0 Å². The maximum atomic E-state index is 8.82. The van der Waals surface area contributed by atoms with Crippen molar-refractivity contribution in [1.29, 1.82) is 5.26 Å². The Kier molecular flexibility index (Phi) is 3.95. The van der Waals surface area contributed by atoms with E-state index in [1.54, 1.807) is 0 Å². The van der Waals surface area contributed by atoms with Crippen LogP contribution < -0.4 is 0 Å². The molecule has 0 N–H and O–H groups in total. The van der Waals surface area contributed by atoms with Crippen LogP contribution in [-0.2, 0) is 0 Å². The number of benzene rings is 1. The molecule has 0 radical (unpaired) electrons. The van der Waals surface area contributed by atoms with Gasteiger partial charge in [-0.1, -0.05) is 25.6 Å². The predicted octanol–water partition coefficient (Wildman–Crippen LogP) is 3.39. The second kappa shape index (κ2) is 4.83. The molecule has 0 saturated carbocycles. The Morgan fingerprint density at radius 3 is 2.27 bits per heavy atom. The Balaban J connectivity index is 3.11. The molecule has 0 atom stereocenters. The smallest absolute Gasteiger partial charge is 0.129 e. The standard InChI is InChI=1S/C12H12INSi/c1-15(2,3)5-4-10-6-11(9-14)8-12(13)7-10/h6-8H,1-3H3. The summed E-state index contributed by atoms with van der Waals surface area (Å²) in [6, 6.07) is 7.86. The molecule has 0 saturated heterocycles. The van der Waals surface area contributed by atoms with Crippen LogP contribution in [0.15, 0.2) is 18.2 Å². The van der Waals surface area contributed by atoms with Crippen LogP contribution >= 0.6 is 22.6 Å². The lowest BCUT2D eigenvalue weighted by Crippen LogP contribution is -2.16. The number of hydrogen-bond donors (Lipinski definition) is 0. The summed E-state index contributed by atoms with van der Waals surface area (Å²) in [5.41, 5.74) is 4.92. The molecule has 1 rings (SSSR count). The quantitative estimate of drug-likeness (QED) is 0.407. The van der Waals surface area contributed by atoms with E-state index in [2.05, 4.69) is 59.8 Å². The number of rotatable bonds is 0. The lowest BCUT2D eigenvalue weighted by atomic mass is 10.1. The van der Waals surface area contributed by atoms with Gasteiger partial charge in [-0.25, -0.2) is 0 Å². The molecule has 1 aromatic carbocycles. The molecule has 0 spiro atoms. The molecule has 0 amide bonds. The third-order valence-corrected chi connectivity index (χ3v) is 3.11. The second-order valence-electron chi connectivity index (χ2n) is 4.34. The van der Waals surface area contributed by atoms with Crippen LogP contribution in [0.3, 0.4) is 0 Å². The van der Waals surface area contributed by atoms with Gasteiger partial charge in [0.15, 0.2) is 0 Å². The van der Waals surface area contributed by atoms with Crippen molar-refractivity contribution in [2.75, 3.05) is 0 Å². The second-order valence-corrected chi connectivity index (χ2v) is 10.3. The summed E-state index contributed by atoms with van der Waals surface area (Å²) in [5, 5.41) is 8.82. The lowest BCUT2D eigenvalue weighted by molar-refractivity contribution is 1.46. The first kappa shape index (κ1) is 12.3. The Bertz CT molecular complexity index is 469. The highest BCUT2D eigenvalue weighted by Crippen LogP contribution is 2.11. The van der Waals surface area contributed by atoms with Gasteiger partial charge in [0.05, 0.1) is 11.6 Å². The van der Waals surface area contributed by atoms with E-state index >= 15 is 0 Å². The summed E-state index contributed by atoms with van der Waals surface area (Å²) >= 11 is 2.21. The van der Waals surface area contributed by atoms with Crippen LogP contribution in [0.4, 0.5) is 0 Å². The average Bonchev–Trinajstić information content (AvgIpc) is 2.13. The molecule has 0 unspecified atom stereocenters. The summed E-state index contributed by atoms with van der Waals surface area (Å²) < 4.78 is 1.06. The monoisotopic (exact) mass is 325 g/mol. The molecule has 0 bridgehead atoms. The van der Waals surface area contributed by atoms with Crippen LogP contribution in [0.1, 0.15) is 11.1 Å². The number of hydrogen-bond acceptors (Lipinski definition) is 1. The highest BCUT2D eigenvalue weighted by molar-refractivity contribution is 14.1. The van der Waals surface area contributed by atoms with E-state index in [-0.39, 0.29) is 0 Å². The van der Waals surface area contributed by atoms with E-state index in [4.69, 9.17) is 5.26 Å². The highest BCUT2D eigenvalue weighted by Gasteiger charge is 2.07. The van der Waals surface area contributed by atoms with Gasteiger partial charge < -0.3 is 0 Å². The van der Waals surface area contributed by atoms with Crippen molar-refractivity contribution in [2.24, 2.45) is 0 Å². The summed E-state index contributed by atoms with van der Waals surface area (Å²) in [5.74, 6) is 3.16. The summed E-state index contributed by atoms with van der Waals surface area (Å²) in [4.78, 5) is 0. The first-order valence-electron chi connectivity index (χ1n) is 4.64. The molecule has 1 nitrogen and oxygen atoms in total. The predicted molar refractivity (Wildman–Crippen MR) is 74.1 cm³/mol. The molecule has 0 aliphatic heterocycles. The molecule has 1 aromatic rings. The number of halogens is 1. The van der Waals surface area contributed by atoms with Gasteiger partial charge >= 0.3 is 0 Å². The van der Waals surface area contributed by atoms with Crippen molar-refractivity contribution in [2.45, 2.75) is 19.6 Å². The molecule has 0 aliphatic rings. The minimum absolute atomic E-state index is 0.682. The van der Waals surface area contributed by atoms with Gasteiger partial charge in [-0.15, -0.1) is 5.54 Å². The van der Waals surface area contributed by atoms with Crippen LogP contribution in [0.25, 0.3) is 0 Å². The zero-order valence-corrected chi connectivity index (χ0v) is 12.2. The highest BCUT2D eigenvalue weighted by atomic mass is 127. The molecule has 3 heteroatoms. The molecule has 0 aliphatic carbocycles. The Morgan fingerprint density at radius 2 is 1.73 bits per heavy atom. The molecule has 0 aromatic heterocycles. The minimum atomic E-state index is -1.33. The SMILES string of the molecule is C[Si](C)(C)C#Cc1cc(I)cc(C#N)c1. The molecule has 0 fully saturated rings. The van der Waals surface area contributed by atoms with Crippen molar-refractivity contribution < 1.29 is 0 Å². The van der Waals surface area contributed by atoms with E-state index < -0.39 is 8.07 Å². The van der Waals surface area contributed by atoms with Gasteiger partial charge in [-0.05, 0) is 40.8 Å². The largest absolute Gasteiger partial charge is 0.192 e. The maximum Gasteiger partial charge on any atom is 0.129 e. The van der Waals surface area contributed by atoms with Crippen LogP contribution in [0, 0.1) is 26.4 Å². The van der Waals surface area contributed by atoms with E-state index in [9.17, 15) is 0 Å². The first-order chi connectivity index (χ1) is 6.90. The van der Waals surface area contributed by atoms with Gasteiger partial charge in [0.1, 0.15) is 8.07 Å². The van der Waals surface area contributed by atoms with Gasteiger partial charge in [0, 0.05) is 9.13 Å². The normalized spacial score (nSPS) is 10.1. The summed E-state index contributed by atoms with van der Waals surface area (Å²) in [7, 11) is -1.33. The fraction of sp³-hybridized carbons (Fsp3) is 0.250. The number of nitrogens with zero attached hydrogens (tertiary/aromatic N) is 1. The third-order valence-electron chi connectivity index (χ3n) is 1.61. The number of nitriles is 1. The zero-order chi connectivity index (χ0) is 11.5. The van der Waals surface area contributed by atoms with E-state index in [0.29, 0.717) is 5.56 Å². The van der Waals surface area contributed by atoms with Gasteiger partial charge in [-0.3, -0.25) is 0 Å².